The largest absolute Gasteiger partial charge is 0.310 e. The van der Waals surface area contributed by atoms with Crippen molar-refractivity contribution in [1.82, 2.24) is 14.5 Å². The molecule has 3 unspecified atom stereocenters. The zero-order valence-corrected chi connectivity index (χ0v) is 19.0. The highest BCUT2D eigenvalue weighted by Gasteiger charge is 2.51. The van der Waals surface area contributed by atoms with Gasteiger partial charge in [-0.3, -0.25) is 24.6 Å². The van der Waals surface area contributed by atoms with Crippen molar-refractivity contribution in [3.05, 3.63) is 24.3 Å². The second kappa shape index (κ2) is 9.42. The topological polar surface area (TPSA) is 84.3 Å². The Bertz CT molecular complexity index is 964. The van der Waals surface area contributed by atoms with Crippen LogP contribution in [0.15, 0.2) is 24.3 Å². The van der Waals surface area contributed by atoms with E-state index in [2.05, 4.69) is 17.2 Å². The molecule has 1 aromatic heterocycles. The van der Waals surface area contributed by atoms with Gasteiger partial charge >= 0.3 is 0 Å². The molecule has 4 rings (SSSR count). The van der Waals surface area contributed by atoms with Crippen molar-refractivity contribution in [2.75, 3.05) is 17.3 Å². The molecule has 0 spiro atoms. The summed E-state index contributed by atoms with van der Waals surface area (Å²) in [6, 6.07) is 6.97. The summed E-state index contributed by atoms with van der Waals surface area (Å²) in [5, 5.41) is 2.95. The normalized spacial score (nSPS) is 22.1. The molecule has 0 bridgehead atoms. The van der Waals surface area contributed by atoms with Crippen molar-refractivity contribution in [2.24, 2.45) is 11.8 Å². The van der Waals surface area contributed by atoms with Crippen LogP contribution in [0.2, 0.25) is 0 Å². The van der Waals surface area contributed by atoms with Crippen LogP contribution in [0.25, 0.3) is 11.0 Å². The highest BCUT2D eigenvalue weighted by molar-refractivity contribution is 7.98. The first-order chi connectivity index (χ1) is 15.1. The van der Waals surface area contributed by atoms with E-state index in [0.717, 1.165) is 49.7 Å². The number of hydrogen-bond acceptors (Lipinski definition) is 5. The maximum absolute atomic E-state index is 13.4. The van der Waals surface area contributed by atoms with Gasteiger partial charge in [0.1, 0.15) is 6.04 Å². The average Bonchev–Trinajstić information content (AvgIpc) is 3.24. The summed E-state index contributed by atoms with van der Waals surface area (Å²) >= 11 is 1.61. The Labute approximate surface area is 186 Å². The maximum atomic E-state index is 13.4. The standard InChI is InChI=1S/C23H30N4O3S/c1-3-13-26-18-11-7-6-10-17(18)24-23(26)25-20(28)19(12-14-31-2)27-21(29)15-8-4-5-9-16(15)22(27)30/h6-7,10-11,15-16,19H,3-5,8-9,12-14H2,1-2H3,(H,24,25,28). The first-order valence-corrected chi connectivity index (χ1v) is 12.6. The summed E-state index contributed by atoms with van der Waals surface area (Å²) in [4.78, 5) is 45.5. The Morgan fingerprint density at radius 3 is 2.52 bits per heavy atom. The van der Waals surface area contributed by atoms with Crippen molar-refractivity contribution in [3.63, 3.8) is 0 Å². The predicted octanol–water partition coefficient (Wildman–Crippen LogP) is 3.68. The third-order valence-corrected chi connectivity index (χ3v) is 7.07. The molecule has 0 radical (unpaired) electrons. The van der Waals surface area contributed by atoms with Crippen LogP contribution in [-0.4, -0.2) is 50.2 Å². The van der Waals surface area contributed by atoms with Crippen LogP contribution in [0.1, 0.15) is 45.4 Å². The Kier molecular flexibility index (Phi) is 6.65. The molecule has 2 aliphatic rings. The first-order valence-electron chi connectivity index (χ1n) is 11.2. The molecule has 3 amide bonds. The van der Waals surface area contributed by atoms with Crippen molar-refractivity contribution < 1.29 is 14.4 Å². The number of benzene rings is 1. The number of likely N-dealkylation sites (tertiary alicyclic amines) is 1. The first kappa shape index (κ1) is 21.9. The highest BCUT2D eigenvalue weighted by Crippen LogP contribution is 2.39. The number of thioether (sulfide) groups is 1. The van der Waals surface area contributed by atoms with Crippen molar-refractivity contribution in [2.45, 2.75) is 58.0 Å². The zero-order chi connectivity index (χ0) is 22.0. The molecule has 1 aromatic carbocycles. The monoisotopic (exact) mass is 442 g/mol. The van der Waals surface area contributed by atoms with E-state index in [9.17, 15) is 14.4 Å². The fourth-order valence-corrected chi connectivity index (χ4v) is 5.38. The number of rotatable bonds is 8. The molecule has 7 nitrogen and oxygen atoms in total. The fraction of sp³-hybridized carbons (Fsp3) is 0.565. The molecule has 1 aliphatic heterocycles. The summed E-state index contributed by atoms with van der Waals surface area (Å²) in [6.07, 6.45) is 6.73. The van der Waals surface area contributed by atoms with Crippen LogP contribution in [0, 0.1) is 11.8 Å². The molecule has 8 heteroatoms. The second-order valence-electron chi connectivity index (χ2n) is 8.41. The van der Waals surface area contributed by atoms with Crippen LogP contribution in [0.3, 0.4) is 0 Å². The highest BCUT2D eigenvalue weighted by atomic mass is 32.2. The molecule has 1 N–H and O–H groups in total. The summed E-state index contributed by atoms with van der Waals surface area (Å²) in [7, 11) is 0. The average molecular weight is 443 g/mol. The number of carbonyl (C=O) groups excluding carboxylic acids is 3. The molecule has 2 heterocycles. The minimum Gasteiger partial charge on any atom is -0.310 e. The van der Waals surface area contributed by atoms with E-state index in [-0.39, 0.29) is 29.6 Å². The van der Waals surface area contributed by atoms with Gasteiger partial charge in [0.15, 0.2) is 0 Å². The van der Waals surface area contributed by atoms with Gasteiger partial charge in [-0.1, -0.05) is 31.9 Å². The number of imide groups is 1. The van der Waals surface area contributed by atoms with E-state index in [1.54, 1.807) is 11.8 Å². The lowest BCUT2D eigenvalue weighted by atomic mass is 9.81. The van der Waals surface area contributed by atoms with Crippen LogP contribution in [0.4, 0.5) is 5.95 Å². The van der Waals surface area contributed by atoms with E-state index < -0.39 is 6.04 Å². The van der Waals surface area contributed by atoms with Crippen molar-refractivity contribution in [1.29, 1.82) is 0 Å². The lowest BCUT2D eigenvalue weighted by molar-refractivity contribution is -0.146. The molecule has 3 atom stereocenters. The SMILES string of the molecule is CCCn1c(NC(=O)C(CCSC)N2C(=O)C3CCCCC3C2=O)nc2ccccc21. The second-order valence-corrected chi connectivity index (χ2v) is 9.39. The number of aromatic nitrogens is 2. The van der Waals surface area contributed by atoms with Gasteiger partial charge in [-0.25, -0.2) is 4.98 Å². The van der Waals surface area contributed by atoms with E-state index in [1.165, 1.54) is 4.90 Å². The van der Waals surface area contributed by atoms with Gasteiger partial charge in [-0.15, -0.1) is 0 Å². The maximum Gasteiger partial charge on any atom is 0.250 e. The minimum absolute atomic E-state index is 0.169. The minimum atomic E-state index is -0.798. The van der Waals surface area contributed by atoms with Gasteiger partial charge < -0.3 is 4.57 Å². The molecule has 1 aliphatic carbocycles. The molecule has 1 saturated carbocycles. The van der Waals surface area contributed by atoms with Crippen LogP contribution >= 0.6 is 11.8 Å². The van der Waals surface area contributed by atoms with Gasteiger partial charge in [-0.2, -0.15) is 11.8 Å². The smallest absolute Gasteiger partial charge is 0.250 e. The number of para-hydroxylation sites is 2. The van der Waals surface area contributed by atoms with Gasteiger partial charge in [0, 0.05) is 6.54 Å². The number of carbonyl (C=O) groups is 3. The third kappa shape index (κ3) is 4.10. The van der Waals surface area contributed by atoms with Crippen LogP contribution < -0.4 is 5.32 Å². The summed E-state index contributed by atoms with van der Waals surface area (Å²) in [6.45, 7) is 2.79. The van der Waals surface area contributed by atoms with Crippen molar-refractivity contribution in [3.8, 4) is 0 Å². The van der Waals surface area contributed by atoms with E-state index >= 15 is 0 Å². The fourth-order valence-electron chi connectivity index (χ4n) is 4.92. The predicted molar refractivity (Wildman–Crippen MR) is 123 cm³/mol. The molecular weight excluding hydrogens is 412 g/mol. The number of fused-ring (bicyclic) bond motifs is 2. The Balaban J connectivity index is 1.62. The molecule has 2 aromatic rings. The molecule has 2 fully saturated rings. The number of anilines is 1. The van der Waals surface area contributed by atoms with Gasteiger partial charge in [-0.05, 0) is 49.8 Å². The van der Waals surface area contributed by atoms with Crippen LogP contribution in [-0.2, 0) is 20.9 Å². The Morgan fingerprint density at radius 2 is 1.87 bits per heavy atom. The lowest BCUT2D eigenvalue weighted by Gasteiger charge is -2.25. The number of amides is 3. The van der Waals surface area contributed by atoms with Gasteiger partial charge in [0.25, 0.3) is 0 Å². The number of aryl methyl sites for hydroxylation is 1. The van der Waals surface area contributed by atoms with E-state index in [1.807, 2.05) is 35.1 Å². The third-order valence-electron chi connectivity index (χ3n) is 6.42. The number of nitrogens with one attached hydrogen (secondary N) is 1. The molecular formula is C23H30N4O3S. The van der Waals surface area contributed by atoms with Crippen molar-refractivity contribution >= 4 is 46.5 Å². The van der Waals surface area contributed by atoms with E-state index in [0.29, 0.717) is 18.1 Å². The molecule has 1 saturated heterocycles. The molecule has 31 heavy (non-hydrogen) atoms. The van der Waals surface area contributed by atoms with Crippen LogP contribution in [0.5, 0.6) is 0 Å². The summed E-state index contributed by atoms with van der Waals surface area (Å²) in [5.41, 5.74) is 1.77. The number of nitrogens with zero attached hydrogens (tertiary/aromatic N) is 3. The Morgan fingerprint density at radius 1 is 1.19 bits per heavy atom. The zero-order valence-electron chi connectivity index (χ0n) is 18.2. The van der Waals surface area contributed by atoms with Gasteiger partial charge in [0.05, 0.1) is 22.9 Å². The number of hydrogen-bond donors (Lipinski definition) is 1. The lowest BCUT2D eigenvalue weighted by Crippen LogP contribution is -2.48. The Hall–Kier alpha value is -2.35. The molecule has 166 valence electrons. The van der Waals surface area contributed by atoms with E-state index in [4.69, 9.17) is 0 Å². The summed E-state index contributed by atoms with van der Waals surface area (Å²) < 4.78 is 1.99. The number of imidazole rings is 1. The quantitative estimate of drug-likeness (QED) is 0.631. The summed E-state index contributed by atoms with van der Waals surface area (Å²) in [5.74, 6) is -0.0154. The van der Waals surface area contributed by atoms with Gasteiger partial charge in [0.2, 0.25) is 23.7 Å².